The summed E-state index contributed by atoms with van der Waals surface area (Å²) in [5.41, 5.74) is 8.11. The molecular formula is C44H26OS. The average molecular weight is 603 g/mol. The molecule has 2 heteroatoms. The van der Waals surface area contributed by atoms with E-state index in [0.717, 1.165) is 27.5 Å². The molecule has 8 aromatic carbocycles. The molecule has 0 aliphatic heterocycles. The van der Waals surface area contributed by atoms with E-state index in [0.29, 0.717) is 0 Å². The molecule has 10 aromatic rings. The predicted molar refractivity (Wildman–Crippen MR) is 198 cm³/mol. The number of fused-ring (bicyclic) bond motifs is 7. The van der Waals surface area contributed by atoms with E-state index in [2.05, 4.69) is 152 Å². The lowest BCUT2D eigenvalue weighted by Crippen LogP contribution is -1.91. The number of para-hydroxylation sites is 2. The molecule has 0 radical (unpaired) electrons. The number of rotatable bonds is 3. The van der Waals surface area contributed by atoms with Crippen LogP contribution in [-0.4, -0.2) is 0 Å². The Hall–Kier alpha value is -5.70. The van der Waals surface area contributed by atoms with Crippen LogP contribution in [0.15, 0.2) is 162 Å². The maximum atomic E-state index is 6.40. The van der Waals surface area contributed by atoms with Crippen LogP contribution < -0.4 is 0 Å². The minimum atomic E-state index is 0.930. The first-order valence-electron chi connectivity index (χ1n) is 15.7. The smallest absolute Gasteiger partial charge is 0.144 e. The molecule has 0 saturated carbocycles. The molecule has 214 valence electrons. The van der Waals surface area contributed by atoms with Gasteiger partial charge in [0.2, 0.25) is 0 Å². The average Bonchev–Trinajstić information content (AvgIpc) is 3.72. The van der Waals surface area contributed by atoms with E-state index in [1.165, 1.54) is 69.5 Å². The molecule has 0 atom stereocenters. The molecule has 0 aliphatic rings. The molecule has 2 aromatic heterocycles. The molecule has 0 fully saturated rings. The van der Waals surface area contributed by atoms with Crippen molar-refractivity contribution in [1.29, 1.82) is 0 Å². The van der Waals surface area contributed by atoms with Gasteiger partial charge in [-0.15, -0.1) is 11.3 Å². The molecule has 0 saturated heterocycles. The van der Waals surface area contributed by atoms with E-state index < -0.39 is 0 Å². The molecular weight excluding hydrogens is 577 g/mol. The fraction of sp³-hybridized carbons (Fsp3) is 0. The van der Waals surface area contributed by atoms with Crippen molar-refractivity contribution in [1.82, 2.24) is 0 Å². The molecule has 0 unspecified atom stereocenters. The van der Waals surface area contributed by atoms with Crippen molar-refractivity contribution in [2.45, 2.75) is 0 Å². The highest BCUT2D eigenvalue weighted by atomic mass is 32.1. The molecule has 2 heterocycles. The zero-order chi connectivity index (χ0) is 30.2. The van der Waals surface area contributed by atoms with Crippen LogP contribution in [0.5, 0.6) is 0 Å². The first kappa shape index (κ1) is 25.6. The van der Waals surface area contributed by atoms with Gasteiger partial charge in [-0.3, -0.25) is 0 Å². The Morgan fingerprint density at radius 2 is 0.978 bits per heavy atom. The summed E-state index contributed by atoms with van der Waals surface area (Å²) in [5, 5.41) is 11.2. The summed E-state index contributed by atoms with van der Waals surface area (Å²) in [6.07, 6.45) is 0. The zero-order valence-electron chi connectivity index (χ0n) is 24.8. The quantitative estimate of drug-likeness (QED) is 0.183. The summed E-state index contributed by atoms with van der Waals surface area (Å²) >= 11 is 1.83. The first-order valence-corrected chi connectivity index (χ1v) is 16.5. The van der Waals surface area contributed by atoms with Crippen molar-refractivity contribution >= 4 is 75.7 Å². The van der Waals surface area contributed by atoms with E-state index >= 15 is 0 Å². The van der Waals surface area contributed by atoms with Gasteiger partial charge in [0.05, 0.1) is 0 Å². The maximum Gasteiger partial charge on any atom is 0.144 e. The van der Waals surface area contributed by atoms with Gasteiger partial charge in [-0.25, -0.2) is 0 Å². The lowest BCUT2D eigenvalue weighted by molar-refractivity contribution is 0.670. The Bertz CT molecular complexity index is 2750. The summed E-state index contributed by atoms with van der Waals surface area (Å²) in [7, 11) is 0. The van der Waals surface area contributed by atoms with Crippen molar-refractivity contribution in [3.8, 4) is 32.7 Å². The number of hydrogen-bond acceptors (Lipinski definition) is 2. The third-order valence-electron chi connectivity index (χ3n) is 9.47. The van der Waals surface area contributed by atoms with Gasteiger partial charge in [0.15, 0.2) is 0 Å². The van der Waals surface area contributed by atoms with Crippen molar-refractivity contribution in [2.75, 3.05) is 0 Å². The van der Waals surface area contributed by atoms with Crippen LogP contribution in [-0.2, 0) is 0 Å². The molecule has 0 amide bonds. The Kier molecular flexibility index (Phi) is 5.51. The second-order valence-electron chi connectivity index (χ2n) is 12.0. The maximum absolute atomic E-state index is 6.40. The van der Waals surface area contributed by atoms with Gasteiger partial charge >= 0.3 is 0 Å². The molecule has 10 rings (SSSR count). The van der Waals surface area contributed by atoms with Gasteiger partial charge in [-0.1, -0.05) is 127 Å². The zero-order valence-corrected chi connectivity index (χ0v) is 25.6. The second kappa shape index (κ2) is 9.90. The van der Waals surface area contributed by atoms with Crippen LogP contribution in [0.1, 0.15) is 0 Å². The fourth-order valence-electron chi connectivity index (χ4n) is 7.45. The first-order chi connectivity index (χ1) is 22.8. The Balaban J connectivity index is 1.21. The van der Waals surface area contributed by atoms with Crippen molar-refractivity contribution in [3.05, 3.63) is 158 Å². The minimum Gasteiger partial charge on any atom is -0.455 e. The standard InChI is InChI=1S/C44H26OS/c1-2-13-30-27(11-1)12-9-19-32(30)43-35-17-5-3-15-33(35)42(34-16-4-6-18-36(34)43)28-23-24-40-29(25-28)26-41(46-40)38-21-10-20-37-31-14-7-8-22-39(31)45-44(37)38/h1-26H. The topological polar surface area (TPSA) is 13.1 Å². The Labute approximate surface area is 269 Å². The van der Waals surface area contributed by atoms with Gasteiger partial charge < -0.3 is 4.42 Å². The number of furan rings is 1. The number of hydrogen-bond donors (Lipinski definition) is 0. The normalized spacial score (nSPS) is 11.9. The van der Waals surface area contributed by atoms with Crippen LogP contribution in [0.3, 0.4) is 0 Å². The van der Waals surface area contributed by atoms with Gasteiger partial charge in [0, 0.05) is 25.9 Å². The molecule has 46 heavy (non-hydrogen) atoms. The minimum absolute atomic E-state index is 0.930. The summed E-state index contributed by atoms with van der Waals surface area (Å²) in [5.74, 6) is 0. The van der Waals surface area contributed by atoms with E-state index in [-0.39, 0.29) is 0 Å². The van der Waals surface area contributed by atoms with E-state index in [4.69, 9.17) is 4.42 Å². The van der Waals surface area contributed by atoms with Gasteiger partial charge in [-0.05, 0) is 90.3 Å². The van der Waals surface area contributed by atoms with Gasteiger partial charge in [0.25, 0.3) is 0 Å². The summed E-state index contributed by atoms with van der Waals surface area (Å²) in [4.78, 5) is 1.22. The molecule has 0 N–H and O–H groups in total. The van der Waals surface area contributed by atoms with Crippen LogP contribution in [0.25, 0.3) is 97.0 Å². The predicted octanol–water partition coefficient (Wildman–Crippen LogP) is 13.3. The number of thiophene rings is 1. The fourth-order valence-corrected chi connectivity index (χ4v) is 8.51. The third-order valence-corrected chi connectivity index (χ3v) is 10.6. The Morgan fingerprint density at radius 1 is 0.391 bits per heavy atom. The Morgan fingerprint density at radius 3 is 1.76 bits per heavy atom. The summed E-state index contributed by atoms with van der Waals surface area (Å²) in [6, 6.07) is 57.3. The van der Waals surface area contributed by atoms with E-state index in [9.17, 15) is 0 Å². The molecule has 0 aliphatic carbocycles. The van der Waals surface area contributed by atoms with Crippen molar-refractivity contribution < 1.29 is 4.42 Å². The van der Waals surface area contributed by atoms with Gasteiger partial charge in [0.1, 0.15) is 11.2 Å². The van der Waals surface area contributed by atoms with Crippen LogP contribution in [0.4, 0.5) is 0 Å². The van der Waals surface area contributed by atoms with Crippen LogP contribution >= 0.6 is 11.3 Å². The molecule has 0 bridgehead atoms. The molecule has 1 nitrogen and oxygen atoms in total. The lowest BCUT2D eigenvalue weighted by atomic mass is 9.84. The molecule has 0 spiro atoms. The van der Waals surface area contributed by atoms with E-state index in [1.54, 1.807) is 0 Å². The highest BCUT2D eigenvalue weighted by molar-refractivity contribution is 7.22. The SMILES string of the molecule is c1ccc2c(-c3c4ccccc4c(-c4ccc5sc(-c6cccc7c6oc6ccccc67)cc5c4)c4ccccc34)cccc2c1. The highest BCUT2D eigenvalue weighted by Gasteiger charge is 2.19. The highest BCUT2D eigenvalue weighted by Crippen LogP contribution is 2.47. The van der Waals surface area contributed by atoms with Crippen molar-refractivity contribution in [2.24, 2.45) is 0 Å². The monoisotopic (exact) mass is 602 g/mol. The lowest BCUT2D eigenvalue weighted by Gasteiger charge is -2.18. The van der Waals surface area contributed by atoms with E-state index in [1.807, 2.05) is 17.4 Å². The third kappa shape index (κ3) is 3.74. The van der Waals surface area contributed by atoms with Crippen molar-refractivity contribution in [3.63, 3.8) is 0 Å². The summed E-state index contributed by atoms with van der Waals surface area (Å²) < 4.78 is 7.68. The summed E-state index contributed by atoms with van der Waals surface area (Å²) in [6.45, 7) is 0. The van der Waals surface area contributed by atoms with Gasteiger partial charge in [-0.2, -0.15) is 0 Å². The number of benzene rings is 8. The second-order valence-corrected chi connectivity index (χ2v) is 13.1. The van der Waals surface area contributed by atoms with Crippen LogP contribution in [0, 0.1) is 0 Å². The van der Waals surface area contributed by atoms with Crippen LogP contribution in [0.2, 0.25) is 0 Å². The largest absolute Gasteiger partial charge is 0.455 e.